The van der Waals surface area contributed by atoms with Crippen molar-refractivity contribution in [2.24, 2.45) is 0 Å². The van der Waals surface area contributed by atoms with Gasteiger partial charge in [-0.15, -0.1) is 0 Å². The third-order valence-corrected chi connectivity index (χ3v) is 7.83. The maximum atomic E-state index is 11.8. The van der Waals surface area contributed by atoms with Gasteiger partial charge < -0.3 is 5.11 Å². The summed E-state index contributed by atoms with van der Waals surface area (Å²) in [5.41, 5.74) is 0.324. The van der Waals surface area contributed by atoms with Crippen molar-refractivity contribution in [3.05, 3.63) is 33.8 Å². The highest BCUT2D eigenvalue weighted by atomic mass is 79.9. The minimum absolute atomic E-state index is 0.200. The number of sulfone groups is 1. The molecule has 1 aromatic rings. The Balaban J connectivity index is 3.32. The molecule has 18 heavy (non-hydrogen) atoms. The molecule has 0 spiro atoms. The molecule has 0 saturated carbocycles. The van der Waals surface area contributed by atoms with Gasteiger partial charge in [-0.25, -0.2) is 8.42 Å². The Hall–Kier alpha value is 0.190. The predicted molar refractivity (Wildman–Crippen MR) is 78.2 cm³/mol. The van der Waals surface area contributed by atoms with Crippen LogP contribution < -0.4 is 0 Å². The Bertz CT molecular complexity index is 547. The topological polar surface area (TPSA) is 54.4 Å². The van der Waals surface area contributed by atoms with Crippen LogP contribution in [0, 0.1) is 0 Å². The molecule has 0 aromatic heterocycles. The monoisotopic (exact) mass is 374 g/mol. The summed E-state index contributed by atoms with van der Waals surface area (Å²) in [5, 5.41) is 10.9. The molecule has 0 unspecified atom stereocenters. The van der Waals surface area contributed by atoms with Crippen LogP contribution in [0.5, 0.6) is 0 Å². The number of hydrogen-bond donors (Lipinski definition) is 1. The van der Waals surface area contributed by atoms with E-state index in [0.717, 1.165) is 6.26 Å². The first-order valence-corrected chi connectivity index (χ1v) is 8.59. The van der Waals surface area contributed by atoms with E-state index in [1.165, 1.54) is 12.1 Å². The van der Waals surface area contributed by atoms with Gasteiger partial charge in [0.25, 0.3) is 0 Å². The lowest BCUT2D eigenvalue weighted by atomic mass is 10.0. The normalized spacial score (nSPS) is 17.2. The largest absolute Gasteiger partial charge is 0.386 e. The molecule has 7 heteroatoms. The summed E-state index contributed by atoms with van der Waals surface area (Å²) in [7, 11) is -3.51. The molecule has 0 heterocycles. The molecule has 0 radical (unpaired) electrons. The third-order valence-electron chi connectivity index (χ3n) is 2.76. The van der Waals surface area contributed by atoms with E-state index in [2.05, 4.69) is 15.9 Å². The molecule has 0 aliphatic rings. The highest BCUT2D eigenvalue weighted by molar-refractivity contribution is 9.11. The molecular formula is C11H13BrCl2O3S. The van der Waals surface area contributed by atoms with Crippen LogP contribution in [0.2, 0.25) is 10.0 Å². The van der Waals surface area contributed by atoms with Crippen LogP contribution in [0.4, 0.5) is 0 Å². The number of aliphatic hydroxyl groups is 1. The molecule has 0 bridgehead atoms. The molecule has 0 saturated heterocycles. The van der Waals surface area contributed by atoms with Crippen molar-refractivity contribution >= 4 is 49.0 Å². The van der Waals surface area contributed by atoms with E-state index in [4.69, 9.17) is 23.2 Å². The summed E-state index contributed by atoms with van der Waals surface area (Å²) < 4.78 is 22.1. The molecule has 0 amide bonds. The van der Waals surface area contributed by atoms with Crippen molar-refractivity contribution in [2.45, 2.75) is 23.1 Å². The third kappa shape index (κ3) is 3.02. The van der Waals surface area contributed by atoms with Crippen LogP contribution in [0.3, 0.4) is 0 Å². The second kappa shape index (κ2) is 5.67. The molecule has 102 valence electrons. The molecular weight excluding hydrogens is 363 g/mol. The van der Waals surface area contributed by atoms with Crippen molar-refractivity contribution in [3.8, 4) is 0 Å². The number of halogens is 3. The van der Waals surface area contributed by atoms with E-state index < -0.39 is 19.6 Å². The Kier molecular flexibility index (Phi) is 5.12. The Morgan fingerprint density at radius 2 is 2.00 bits per heavy atom. The average molecular weight is 376 g/mol. The summed E-state index contributed by atoms with van der Waals surface area (Å²) in [6.07, 6.45) is -0.00758. The molecule has 1 N–H and O–H groups in total. The fraction of sp³-hybridized carbons (Fsp3) is 0.455. The van der Waals surface area contributed by atoms with Gasteiger partial charge in [0.05, 0.1) is 0 Å². The minimum atomic E-state index is -3.51. The maximum Gasteiger partial charge on any atom is 0.166 e. The average Bonchev–Trinajstić information content (AvgIpc) is 2.25. The fourth-order valence-corrected chi connectivity index (χ4v) is 3.43. The number of benzene rings is 1. The second-order valence-corrected chi connectivity index (χ2v) is 9.04. The minimum Gasteiger partial charge on any atom is -0.386 e. The maximum absolute atomic E-state index is 11.8. The zero-order valence-electron chi connectivity index (χ0n) is 9.82. The van der Waals surface area contributed by atoms with E-state index in [-0.39, 0.29) is 11.4 Å². The molecule has 1 aromatic carbocycles. The summed E-state index contributed by atoms with van der Waals surface area (Å²) >= 11 is 14.9. The quantitative estimate of drug-likeness (QED) is 0.818. The molecule has 3 nitrogen and oxygen atoms in total. The van der Waals surface area contributed by atoms with E-state index in [1.807, 2.05) is 0 Å². The van der Waals surface area contributed by atoms with Gasteiger partial charge in [-0.1, -0.05) is 52.1 Å². The SMILES string of the molecule is CC[C@](Br)([C@H](O)c1ccc(Cl)cc1Cl)S(C)(=O)=O. The van der Waals surface area contributed by atoms with Crippen molar-refractivity contribution in [3.63, 3.8) is 0 Å². The van der Waals surface area contributed by atoms with Crippen LogP contribution in [-0.2, 0) is 9.84 Å². The second-order valence-electron chi connectivity index (χ2n) is 3.98. The smallest absolute Gasteiger partial charge is 0.166 e. The zero-order chi connectivity index (χ0) is 14.1. The number of aliphatic hydroxyl groups excluding tert-OH is 1. The van der Waals surface area contributed by atoms with Crippen molar-refractivity contribution < 1.29 is 13.5 Å². The van der Waals surface area contributed by atoms with Gasteiger partial charge in [-0.05, 0) is 18.6 Å². The van der Waals surface area contributed by atoms with Crippen LogP contribution in [0.1, 0.15) is 25.0 Å². The predicted octanol–water partition coefficient (Wildman–Crippen LogP) is 3.57. The number of rotatable bonds is 4. The van der Waals surface area contributed by atoms with E-state index in [0.29, 0.717) is 10.6 Å². The number of hydrogen-bond acceptors (Lipinski definition) is 3. The van der Waals surface area contributed by atoms with Crippen molar-refractivity contribution in [1.29, 1.82) is 0 Å². The summed E-state index contributed by atoms with van der Waals surface area (Å²) in [6, 6.07) is 4.54. The highest BCUT2D eigenvalue weighted by Gasteiger charge is 2.44. The molecule has 2 atom stereocenters. The highest BCUT2D eigenvalue weighted by Crippen LogP contribution is 2.43. The first-order chi connectivity index (χ1) is 8.13. The van der Waals surface area contributed by atoms with E-state index >= 15 is 0 Å². The van der Waals surface area contributed by atoms with Gasteiger partial charge in [-0.2, -0.15) is 0 Å². The lowest BCUT2D eigenvalue weighted by Gasteiger charge is -2.30. The number of alkyl halides is 1. The first kappa shape index (κ1) is 16.2. The van der Waals surface area contributed by atoms with E-state index in [1.54, 1.807) is 13.0 Å². The Morgan fingerprint density at radius 3 is 2.39 bits per heavy atom. The van der Waals surface area contributed by atoms with Gasteiger partial charge in [0.2, 0.25) is 0 Å². The summed E-state index contributed by atoms with van der Waals surface area (Å²) in [4.78, 5) is 0. The van der Waals surface area contributed by atoms with Crippen molar-refractivity contribution in [2.75, 3.05) is 6.26 Å². The fourth-order valence-electron chi connectivity index (χ4n) is 1.61. The van der Waals surface area contributed by atoms with Gasteiger partial charge in [0.1, 0.15) is 6.10 Å². The standard InChI is InChI=1S/C11H13BrCl2O3S/c1-3-11(12,18(2,16)17)10(15)8-5-4-7(13)6-9(8)14/h4-6,10,15H,3H2,1-2H3/t10-,11-/m1/s1. The molecule has 0 fully saturated rings. The van der Waals surface area contributed by atoms with Gasteiger partial charge in [0.15, 0.2) is 13.5 Å². The lowest BCUT2D eigenvalue weighted by molar-refractivity contribution is 0.160. The van der Waals surface area contributed by atoms with Gasteiger partial charge in [-0.3, -0.25) is 0 Å². The lowest BCUT2D eigenvalue weighted by Crippen LogP contribution is -2.37. The van der Waals surface area contributed by atoms with Crippen LogP contribution in [0.15, 0.2) is 18.2 Å². The van der Waals surface area contributed by atoms with Gasteiger partial charge >= 0.3 is 0 Å². The summed E-state index contributed by atoms with van der Waals surface area (Å²) in [6.45, 7) is 1.67. The molecule has 0 aliphatic carbocycles. The Morgan fingerprint density at radius 1 is 1.44 bits per heavy atom. The van der Waals surface area contributed by atoms with Crippen molar-refractivity contribution in [1.82, 2.24) is 0 Å². The first-order valence-electron chi connectivity index (χ1n) is 5.15. The molecule has 1 rings (SSSR count). The van der Waals surface area contributed by atoms with Gasteiger partial charge in [0, 0.05) is 21.9 Å². The Labute approximate surface area is 125 Å². The van der Waals surface area contributed by atoms with Crippen LogP contribution in [-0.4, -0.2) is 23.4 Å². The van der Waals surface area contributed by atoms with Crippen LogP contribution >= 0.6 is 39.1 Å². The molecule has 0 aliphatic heterocycles. The zero-order valence-corrected chi connectivity index (χ0v) is 13.7. The van der Waals surface area contributed by atoms with Crippen LogP contribution in [0.25, 0.3) is 0 Å². The van der Waals surface area contributed by atoms with E-state index in [9.17, 15) is 13.5 Å². The summed E-state index contributed by atoms with van der Waals surface area (Å²) in [5.74, 6) is 0.